The van der Waals surface area contributed by atoms with Crippen molar-refractivity contribution >= 4 is 11.9 Å². The minimum atomic E-state index is -0.789. The summed E-state index contributed by atoms with van der Waals surface area (Å²) in [5.41, 5.74) is 0. The Labute approximate surface area is 321 Å². The SMILES string of the molecule is CC/C=C\C/C=C\C/C=C\C/C=C\C/C=C\CCCCCC(=O)OC(CO)COC(=O)CCCCCCCCCCCCCCCCCCCCC. The van der Waals surface area contributed by atoms with E-state index >= 15 is 0 Å². The molecular weight excluding hydrogens is 645 g/mol. The number of aliphatic hydroxyl groups excluding tert-OH is 1. The van der Waals surface area contributed by atoms with Gasteiger partial charge < -0.3 is 14.6 Å². The molecule has 5 heteroatoms. The zero-order valence-electron chi connectivity index (χ0n) is 34.1. The van der Waals surface area contributed by atoms with E-state index in [1.54, 1.807) is 0 Å². The van der Waals surface area contributed by atoms with Crippen molar-refractivity contribution in [2.75, 3.05) is 13.2 Å². The van der Waals surface area contributed by atoms with Gasteiger partial charge in [-0.2, -0.15) is 0 Å². The number of carbonyl (C=O) groups excluding carboxylic acids is 2. The first kappa shape index (κ1) is 49.6. The van der Waals surface area contributed by atoms with Gasteiger partial charge in [-0.15, -0.1) is 0 Å². The Balaban J connectivity index is 3.59. The third-order valence-corrected chi connectivity index (χ3v) is 9.33. The molecule has 0 aliphatic carbocycles. The second-order valence-corrected chi connectivity index (χ2v) is 14.4. The van der Waals surface area contributed by atoms with Crippen LogP contribution in [0.5, 0.6) is 0 Å². The van der Waals surface area contributed by atoms with Crippen molar-refractivity contribution in [3.05, 3.63) is 60.8 Å². The first-order valence-electron chi connectivity index (χ1n) is 21.8. The van der Waals surface area contributed by atoms with Gasteiger partial charge in [-0.3, -0.25) is 9.59 Å². The Morgan fingerprint density at radius 3 is 1.25 bits per heavy atom. The Morgan fingerprint density at radius 1 is 0.462 bits per heavy atom. The Hall–Kier alpha value is -2.40. The standard InChI is InChI=1S/C47H82O5/c1-3-5-7-9-11-13-15-17-19-21-23-25-27-29-31-33-35-37-39-41-46(49)51-44-45(43-48)52-47(50)42-40-38-36-34-32-30-28-26-24-22-20-18-16-14-12-10-8-6-4-2/h6,8,12,14,18,20,24,26,30,32,45,48H,3-5,7,9-11,13,15-17,19,21-23,25,27-29,31,33-44H2,1-2H3/b8-6-,14-12-,20-18-,26-24-,32-30-. The average molecular weight is 727 g/mol. The fraction of sp³-hybridized carbons (Fsp3) is 0.745. The molecule has 0 aromatic rings. The summed E-state index contributed by atoms with van der Waals surface area (Å²) in [7, 11) is 0. The highest BCUT2D eigenvalue weighted by Gasteiger charge is 2.16. The fourth-order valence-electron chi connectivity index (χ4n) is 6.05. The maximum absolute atomic E-state index is 12.2. The van der Waals surface area contributed by atoms with Crippen LogP contribution in [0.25, 0.3) is 0 Å². The van der Waals surface area contributed by atoms with Crippen molar-refractivity contribution in [1.29, 1.82) is 0 Å². The monoisotopic (exact) mass is 727 g/mol. The van der Waals surface area contributed by atoms with Crippen LogP contribution in [-0.4, -0.2) is 36.4 Å². The molecule has 0 heterocycles. The van der Waals surface area contributed by atoms with Gasteiger partial charge in [-0.05, 0) is 57.8 Å². The number of ether oxygens (including phenoxy) is 2. The molecule has 0 aliphatic heterocycles. The Morgan fingerprint density at radius 2 is 0.827 bits per heavy atom. The molecule has 0 saturated heterocycles. The Kier molecular flexibility index (Phi) is 41.0. The number of hydrogen-bond acceptors (Lipinski definition) is 5. The largest absolute Gasteiger partial charge is 0.462 e. The van der Waals surface area contributed by atoms with Gasteiger partial charge in [0.05, 0.1) is 6.61 Å². The van der Waals surface area contributed by atoms with Crippen LogP contribution >= 0.6 is 0 Å². The molecule has 0 aliphatic rings. The van der Waals surface area contributed by atoms with Crippen molar-refractivity contribution in [2.45, 2.75) is 213 Å². The summed E-state index contributed by atoms with van der Waals surface area (Å²) in [6, 6.07) is 0. The smallest absolute Gasteiger partial charge is 0.306 e. The fourth-order valence-corrected chi connectivity index (χ4v) is 6.05. The number of unbranched alkanes of at least 4 members (excludes halogenated alkanes) is 21. The highest BCUT2D eigenvalue weighted by Crippen LogP contribution is 2.15. The molecule has 5 nitrogen and oxygen atoms in total. The minimum absolute atomic E-state index is 0.0791. The molecule has 1 unspecified atom stereocenters. The minimum Gasteiger partial charge on any atom is -0.462 e. The maximum atomic E-state index is 12.2. The topological polar surface area (TPSA) is 72.8 Å². The summed E-state index contributed by atoms with van der Waals surface area (Å²) in [4.78, 5) is 24.3. The van der Waals surface area contributed by atoms with Crippen LogP contribution < -0.4 is 0 Å². The quantitative estimate of drug-likeness (QED) is 0.0388. The van der Waals surface area contributed by atoms with Crippen LogP contribution in [0.15, 0.2) is 60.8 Å². The van der Waals surface area contributed by atoms with Gasteiger partial charge in [0, 0.05) is 12.8 Å². The zero-order valence-corrected chi connectivity index (χ0v) is 34.1. The molecule has 1 N–H and O–H groups in total. The molecule has 0 fully saturated rings. The summed E-state index contributed by atoms with van der Waals surface area (Å²) in [5.74, 6) is -0.625. The number of rotatable bonds is 39. The van der Waals surface area contributed by atoms with E-state index in [0.29, 0.717) is 12.8 Å². The van der Waals surface area contributed by atoms with Gasteiger partial charge in [0.15, 0.2) is 6.10 Å². The van der Waals surface area contributed by atoms with Crippen LogP contribution in [0.1, 0.15) is 206 Å². The predicted octanol–water partition coefficient (Wildman–Crippen LogP) is 14.0. The van der Waals surface area contributed by atoms with Crippen molar-refractivity contribution in [2.24, 2.45) is 0 Å². The van der Waals surface area contributed by atoms with Gasteiger partial charge in [-0.1, -0.05) is 197 Å². The van der Waals surface area contributed by atoms with Crippen molar-refractivity contribution in [3.8, 4) is 0 Å². The predicted molar refractivity (Wildman–Crippen MR) is 223 cm³/mol. The van der Waals surface area contributed by atoms with Gasteiger partial charge in [0.25, 0.3) is 0 Å². The van der Waals surface area contributed by atoms with E-state index in [4.69, 9.17) is 9.47 Å². The molecule has 0 amide bonds. The number of allylic oxidation sites excluding steroid dienone is 10. The third kappa shape index (κ3) is 40.4. The van der Waals surface area contributed by atoms with Gasteiger partial charge >= 0.3 is 11.9 Å². The lowest BCUT2D eigenvalue weighted by molar-refractivity contribution is -0.161. The molecular formula is C47H82O5. The first-order valence-corrected chi connectivity index (χ1v) is 21.8. The summed E-state index contributed by atoms with van der Waals surface area (Å²) in [6.45, 7) is 4.01. The number of aliphatic hydroxyl groups is 1. The lowest BCUT2D eigenvalue weighted by atomic mass is 10.0. The maximum Gasteiger partial charge on any atom is 0.306 e. The van der Waals surface area contributed by atoms with E-state index in [2.05, 4.69) is 74.6 Å². The number of hydrogen-bond donors (Lipinski definition) is 1. The molecule has 0 radical (unpaired) electrons. The second-order valence-electron chi connectivity index (χ2n) is 14.4. The van der Waals surface area contributed by atoms with E-state index < -0.39 is 6.10 Å². The molecule has 0 saturated carbocycles. The molecule has 0 rings (SSSR count). The highest BCUT2D eigenvalue weighted by molar-refractivity contribution is 5.70. The first-order chi connectivity index (χ1) is 25.6. The van der Waals surface area contributed by atoms with Crippen LogP contribution in [0.2, 0.25) is 0 Å². The molecule has 1 atom stereocenters. The summed E-state index contributed by atoms with van der Waals surface area (Å²) in [5, 5.41) is 9.58. The summed E-state index contributed by atoms with van der Waals surface area (Å²) >= 11 is 0. The van der Waals surface area contributed by atoms with Gasteiger partial charge in [-0.25, -0.2) is 0 Å². The van der Waals surface area contributed by atoms with Crippen molar-refractivity contribution in [1.82, 2.24) is 0 Å². The van der Waals surface area contributed by atoms with Gasteiger partial charge in [0.1, 0.15) is 6.61 Å². The van der Waals surface area contributed by atoms with E-state index in [-0.39, 0.29) is 25.2 Å². The van der Waals surface area contributed by atoms with Crippen LogP contribution in [0, 0.1) is 0 Å². The van der Waals surface area contributed by atoms with Crippen LogP contribution in [0.3, 0.4) is 0 Å². The van der Waals surface area contributed by atoms with Crippen LogP contribution in [0.4, 0.5) is 0 Å². The van der Waals surface area contributed by atoms with Crippen LogP contribution in [-0.2, 0) is 19.1 Å². The van der Waals surface area contributed by atoms with Gasteiger partial charge in [0.2, 0.25) is 0 Å². The molecule has 300 valence electrons. The highest BCUT2D eigenvalue weighted by atomic mass is 16.6. The van der Waals surface area contributed by atoms with E-state index in [9.17, 15) is 14.7 Å². The lowest BCUT2D eigenvalue weighted by Gasteiger charge is -2.15. The van der Waals surface area contributed by atoms with Crippen molar-refractivity contribution < 1.29 is 24.2 Å². The molecule has 52 heavy (non-hydrogen) atoms. The number of carbonyl (C=O) groups is 2. The molecule has 0 aromatic heterocycles. The van der Waals surface area contributed by atoms with E-state index in [0.717, 1.165) is 77.0 Å². The Bertz CT molecular complexity index is 915. The average Bonchev–Trinajstić information content (AvgIpc) is 3.15. The normalized spacial score (nSPS) is 12.8. The lowest BCUT2D eigenvalue weighted by Crippen LogP contribution is -2.28. The number of esters is 2. The molecule has 0 aromatic carbocycles. The van der Waals surface area contributed by atoms with Crippen molar-refractivity contribution in [3.63, 3.8) is 0 Å². The zero-order chi connectivity index (χ0) is 37.8. The van der Waals surface area contributed by atoms with E-state index in [1.807, 2.05) is 0 Å². The summed E-state index contributed by atoms with van der Waals surface area (Å²) < 4.78 is 10.6. The second kappa shape index (κ2) is 43.0. The molecule has 0 spiro atoms. The third-order valence-electron chi connectivity index (χ3n) is 9.33. The van der Waals surface area contributed by atoms with E-state index in [1.165, 1.54) is 103 Å². The molecule has 0 bridgehead atoms. The summed E-state index contributed by atoms with van der Waals surface area (Å²) in [6.07, 6.45) is 55.8.